The molecule has 4 rings (SSSR count). The van der Waals surface area contributed by atoms with Gasteiger partial charge in [0.1, 0.15) is 17.1 Å². The molecule has 32 heavy (non-hydrogen) atoms. The van der Waals surface area contributed by atoms with Crippen LogP contribution in [0.2, 0.25) is 10.0 Å². The van der Waals surface area contributed by atoms with Gasteiger partial charge in [0, 0.05) is 35.3 Å². The van der Waals surface area contributed by atoms with Gasteiger partial charge in [-0.05, 0) is 24.5 Å². The molecule has 1 heterocycles. The maximum Gasteiger partial charge on any atom is 0.188 e. The van der Waals surface area contributed by atoms with Gasteiger partial charge in [0.25, 0.3) is 0 Å². The van der Waals surface area contributed by atoms with Gasteiger partial charge in [-0.3, -0.25) is 4.21 Å². The van der Waals surface area contributed by atoms with Gasteiger partial charge >= 0.3 is 0 Å². The number of aromatic amines is 1. The Bertz CT molecular complexity index is 1220. The average molecular weight is 491 g/mol. The lowest BCUT2D eigenvalue weighted by molar-refractivity contribution is 0.0515. The number of ether oxygens (including phenoxy) is 2. The Balaban J connectivity index is 1.63. The van der Waals surface area contributed by atoms with E-state index in [0.29, 0.717) is 32.6 Å². The zero-order chi connectivity index (χ0) is 22.7. The second kappa shape index (κ2) is 10.2. The van der Waals surface area contributed by atoms with Crippen LogP contribution in [0, 0.1) is 5.92 Å². The fourth-order valence-electron chi connectivity index (χ4n) is 3.78. The van der Waals surface area contributed by atoms with Crippen molar-refractivity contribution in [2.24, 2.45) is 5.92 Å². The predicted octanol–water partition coefficient (Wildman–Crippen LogP) is 6.29. The van der Waals surface area contributed by atoms with E-state index in [-0.39, 0.29) is 12.7 Å². The number of allylic oxidation sites excluding steroid dienone is 3. The SMILES string of the molecule is CCS(=O)C1=CCC(Cc2nc3c(Cl)c(-c4ccccc4OCOC)c(Cl)cc3[nH]2)C=C1. The third-order valence-electron chi connectivity index (χ3n) is 5.34. The molecule has 0 radical (unpaired) electrons. The lowest BCUT2D eigenvalue weighted by Gasteiger charge is -2.14. The Morgan fingerprint density at radius 2 is 2.09 bits per heavy atom. The van der Waals surface area contributed by atoms with E-state index in [2.05, 4.69) is 17.1 Å². The molecule has 1 aromatic heterocycles. The molecule has 0 amide bonds. The molecule has 168 valence electrons. The smallest absolute Gasteiger partial charge is 0.188 e. The van der Waals surface area contributed by atoms with Crippen LogP contribution in [0.1, 0.15) is 19.2 Å². The van der Waals surface area contributed by atoms with Crippen LogP contribution in [0.3, 0.4) is 0 Å². The van der Waals surface area contributed by atoms with Crippen molar-refractivity contribution < 1.29 is 13.7 Å². The molecule has 0 spiro atoms. The number of para-hydroxylation sites is 1. The van der Waals surface area contributed by atoms with Crippen molar-refractivity contribution >= 4 is 45.0 Å². The van der Waals surface area contributed by atoms with Gasteiger partial charge in [-0.1, -0.05) is 66.6 Å². The van der Waals surface area contributed by atoms with Gasteiger partial charge in [-0.2, -0.15) is 0 Å². The van der Waals surface area contributed by atoms with Crippen LogP contribution in [0.25, 0.3) is 22.2 Å². The third-order valence-corrected chi connectivity index (χ3v) is 7.36. The third kappa shape index (κ3) is 4.79. The second-order valence-corrected chi connectivity index (χ2v) is 10.00. The summed E-state index contributed by atoms with van der Waals surface area (Å²) >= 11 is 13.4. The summed E-state index contributed by atoms with van der Waals surface area (Å²) in [5.41, 5.74) is 2.92. The average Bonchev–Trinajstić information content (AvgIpc) is 3.20. The highest BCUT2D eigenvalue weighted by Crippen LogP contribution is 2.43. The van der Waals surface area contributed by atoms with Crippen LogP contribution < -0.4 is 4.74 Å². The monoisotopic (exact) mass is 490 g/mol. The summed E-state index contributed by atoms with van der Waals surface area (Å²) in [5.74, 6) is 2.38. The minimum Gasteiger partial charge on any atom is -0.467 e. The first-order valence-corrected chi connectivity index (χ1v) is 12.4. The van der Waals surface area contributed by atoms with Crippen molar-refractivity contribution in [1.82, 2.24) is 9.97 Å². The van der Waals surface area contributed by atoms with E-state index in [4.69, 9.17) is 37.7 Å². The van der Waals surface area contributed by atoms with Gasteiger partial charge in [0.2, 0.25) is 0 Å². The number of rotatable bonds is 8. The van der Waals surface area contributed by atoms with Gasteiger partial charge in [0.15, 0.2) is 6.79 Å². The lowest BCUT2D eigenvalue weighted by Crippen LogP contribution is -2.07. The van der Waals surface area contributed by atoms with E-state index >= 15 is 0 Å². The van der Waals surface area contributed by atoms with E-state index in [1.807, 2.05) is 43.3 Å². The normalized spacial score (nSPS) is 16.9. The molecule has 0 aliphatic heterocycles. The van der Waals surface area contributed by atoms with Gasteiger partial charge in [-0.15, -0.1) is 0 Å². The standard InChI is InChI=1S/C24H24Cl2N2O3S/c1-3-32(29)16-10-8-15(9-11-16)12-21-27-19-13-18(25)22(23(26)24(19)28-21)17-6-4-5-7-20(17)31-14-30-2/h4-8,10-11,13,15H,3,9,12,14H2,1-2H3,(H,27,28). The summed E-state index contributed by atoms with van der Waals surface area (Å²) < 4.78 is 22.7. The Morgan fingerprint density at radius 3 is 2.81 bits per heavy atom. The van der Waals surface area contributed by atoms with Crippen LogP contribution >= 0.6 is 23.2 Å². The molecule has 5 nitrogen and oxygen atoms in total. The number of fused-ring (bicyclic) bond motifs is 1. The first kappa shape index (κ1) is 23.1. The number of hydrogen-bond donors (Lipinski definition) is 1. The molecule has 0 bridgehead atoms. The Morgan fingerprint density at radius 1 is 1.28 bits per heavy atom. The van der Waals surface area contributed by atoms with Crippen molar-refractivity contribution in [3.05, 3.63) is 69.3 Å². The Labute approximate surface area is 199 Å². The van der Waals surface area contributed by atoms with Crippen molar-refractivity contribution in [3.8, 4) is 16.9 Å². The number of benzene rings is 2. The van der Waals surface area contributed by atoms with E-state index in [0.717, 1.165) is 34.7 Å². The topological polar surface area (TPSA) is 64.2 Å². The van der Waals surface area contributed by atoms with Crippen molar-refractivity contribution in [3.63, 3.8) is 0 Å². The van der Waals surface area contributed by atoms with Crippen LogP contribution in [-0.2, 0) is 22.0 Å². The van der Waals surface area contributed by atoms with Crippen LogP contribution in [0.4, 0.5) is 0 Å². The lowest BCUT2D eigenvalue weighted by atomic mass is 9.97. The molecular weight excluding hydrogens is 467 g/mol. The predicted molar refractivity (Wildman–Crippen MR) is 132 cm³/mol. The van der Waals surface area contributed by atoms with E-state index in [9.17, 15) is 4.21 Å². The van der Waals surface area contributed by atoms with E-state index in [1.165, 1.54) is 0 Å². The Kier molecular flexibility index (Phi) is 7.36. The zero-order valence-electron chi connectivity index (χ0n) is 17.9. The van der Waals surface area contributed by atoms with Gasteiger partial charge < -0.3 is 14.5 Å². The molecule has 0 fully saturated rings. The highest BCUT2D eigenvalue weighted by Gasteiger charge is 2.20. The quantitative estimate of drug-likeness (QED) is 0.376. The van der Waals surface area contributed by atoms with E-state index in [1.54, 1.807) is 7.11 Å². The van der Waals surface area contributed by atoms with Crippen LogP contribution in [0.15, 0.2) is 53.5 Å². The number of imidazole rings is 1. The minimum absolute atomic E-state index is 0.123. The summed E-state index contributed by atoms with van der Waals surface area (Å²) in [6.45, 7) is 2.05. The minimum atomic E-state index is -0.918. The first-order chi connectivity index (χ1) is 15.5. The van der Waals surface area contributed by atoms with Crippen molar-refractivity contribution in [1.29, 1.82) is 0 Å². The maximum absolute atomic E-state index is 12.0. The number of H-pyrrole nitrogens is 1. The first-order valence-electron chi connectivity index (χ1n) is 10.4. The number of nitrogens with zero attached hydrogens (tertiary/aromatic N) is 1. The summed E-state index contributed by atoms with van der Waals surface area (Å²) in [7, 11) is 0.653. The van der Waals surface area contributed by atoms with Gasteiger partial charge in [0.05, 0.1) is 26.4 Å². The van der Waals surface area contributed by atoms with Crippen LogP contribution in [-0.4, -0.2) is 33.8 Å². The molecule has 2 atom stereocenters. The summed E-state index contributed by atoms with van der Waals surface area (Å²) in [4.78, 5) is 9.03. The summed E-state index contributed by atoms with van der Waals surface area (Å²) in [6, 6.07) is 9.40. The highest BCUT2D eigenvalue weighted by molar-refractivity contribution is 7.89. The van der Waals surface area contributed by atoms with Crippen molar-refractivity contribution in [2.75, 3.05) is 19.7 Å². The summed E-state index contributed by atoms with van der Waals surface area (Å²) in [5, 5.41) is 0.988. The fraction of sp³-hybridized carbons (Fsp3) is 0.292. The summed E-state index contributed by atoms with van der Waals surface area (Å²) in [6.07, 6.45) is 7.70. The molecule has 2 aromatic carbocycles. The molecule has 2 unspecified atom stereocenters. The van der Waals surface area contributed by atoms with E-state index < -0.39 is 10.8 Å². The number of methoxy groups -OCH3 is 1. The highest BCUT2D eigenvalue weighted by atomic mass is 35.5. The maximum atomic E-state index is 12.0. The van der Waals surface area contributed by atoms with Crippen LogP contribution in [0.5, 0.6) is 5.75 Å². The second-order valence-electron chi connectivity index (χ2n) is 7.47. The molecular formula is C24H24Cl2N2O3S. The number of hydrogen-bond acceptors (Lipinski definition) is 4. The van der Waals surface area contributed by atoms with Gasteiger partial charge in [-0.25, -0.2) is 4.98 Å². The fourth-order valence-corrected chi connectivity index (χ4v) is 5.32. The zero-order valence-corrected chi connectivity index (χ0v) is 20.2. The molecule has 1 aliphatic carbocycles. The molecule has 1 N–H and O–H groups in total. The number of halogens is 2. The molecule has 0 saturated carbocycles. The largest absolute Gasteiger partial charge is 0.467 e. The molecule has 1 aliphatic rings. The number of nitrogens with one attached hydrogen (secondary N) is 1. The number of aromatic nitrogens is 2. The van der Waals surface area contributed by atoms with Crippen molar-refractivity contribution in [2.45, 2.75) is 19.8 Å². The molecule has 0 saturated heterocycles. The molecule has 3 aromatic rings. The Hall–Kier alpha value is -2.12. The molecule has 8 heteroatoms.